The van der Waals surface area contributed by atoms with E-state index in [0.29, 0.717) is 28.7 Å². The molecule has 1 aliphatic carbocycles. The third-order valence-corrected chi connectivity index (χ3v) is 4.06. The molecule has 1 fully saturated rings. The molecule has 1 aromatic carbocycles. The lowest BCUT2D eigenvalue weighted by Gasteiger charge is -2.13. The molecule has 0 saturated heterocycles. The minimum Gasteiger partial charge on any atom is -0.339 e. The molecule has 0 spiro atoms. The van der Waals surface area contributed by atoms with Gasteiger partial charge in [0.2, 0.25) is 11.7 Å². The van der Waals surface area contributed by atoms with Crippen LogP contribution in [0.4, 0.5) is 0 Å². The Kier molecular flexibility index (Phi) is 2.97. The molecule has 0 radical (unpaired) electrons. The first kappa shape index (κ1) is 13.9. The number of benzene rings is 1. The Bertz CT molecular complexity index is 1010. The Hall–Kier alpha value is -2.70. The SMILES string of the molecule is CC(C)n1c(=O)c(=O)[nH]c2cc(-c3noc(C4CC4)n3)ccc21. The van der Waals surface area contributed by atoms with Crippen molar-refractivity contribution in [1.82, 2.24) is 19.7 Å². The summed E-state index contributed by atoms with van der Waals surface area (Å²) in [5.74, 6) is 1.56. The summed E-state index contributed by atoms with van der Waals surface area (Å²) in [4.78, 5) is 31.0. The van der Waals surface area contributed by atoms with Gasteiger partial charge in [-0.1, -0.05) is 5.16 Å². The van der Waals surface area contributed by atoms with Crippen LogP contribution in [0.5, 0.6) is 0 Å². The molecule has 1 aliphatic rings. The maximum Gasteiger partial charge on any atom is 0.316 e. The van der Waals surface area contributed by atoms with Gasteiger partial charge in [-0.2, -0.15) is 4.98 Å². The molecule has 0 amide bonds. The normalized spacial score (nSPS) is 14.7. The molecule has 118 valence electrons. The van der Waals surface area contributed by atoms with Crippen molar-refractivity contribution in [3.8, 4) is 11.4 Å². The van der Waals surface area contributed by atoms with Gasteiger partial charge in [0.25, 0.3) is 0 Å². The number of hydrogen-bond acceptors (Lipinski definition) is 5. The number of H-pyrrole nitrogens is 1. The van der Waals surface area contributed by atoms with Crippen LogP contribution in [0.25, 0.3) is 22.4 Å². The van der Waals surface area contributed by atoms with Gasteiger partial charge in [-0.25, -0.2) is 0 Å². The lowest BCUT2D eigenvalue weighted by Crippen LogP contribution is -2.37. The van der Waals surface area contributed by atoms with Crippen molar-refractivity contribution < 1.29 is 4.52 Å². The number of hydrogen-bond donors (Lipinski definition) is 1. The van der Waals surface area contributed by atoms with Crippen molar-refractivity contribution in [2.24, 2.45) is 0 Å². The van der Waals surface area contributed by atoms with E-state index in [2.05, 4.69) is 15.1 Å². The van der Waals surface area contributed by atoms with E-state index in [1.807, 2.05) is 19.9 Å². The average molecular weight is 312 g/mol. The lowest BCUT2D eigenvalue weighted by molar-refractivity contribution is 0.380. The second kappa shape index (κ2) is 4.91. The number of aromatic nitrogens is 4. The number of nitrogens with one attached hydrogen (secondary N) is 1. The van der Waals surface area contributed by atoms with E-state index in [4.69, 9.17) is 4.52 Å². The van der Waals surface area contributed by atoms with Gasteiger partial charge in [0.1, 0.15) is 0 Å². The average Bonchev–Trinajstić information content (AvgIpc) is 3.25. The summed E-state index contributed by atoms with van der Waals surface area (Å²) < 4.78 is 6.76. The van der Waals surface area contributed by atoms with Crippen LogP contribution in [0.3, 0.4) is 0 Å². The first-order valence-electron chi connectivity index (χ1n) is 7.67. The van der Waals surface area contributed by atoms with Crippen LogP contribution >= 0.6 is 0 Å². The first-order valence-corrected chi connectivity index (χ1v) is 7.67. The van der Waals surface area contributed by atoms with Crippen molar-refractivity contribution in [2.45, 2.75) is 38.6 Å². The molecule has 4 rings (SSSR count). The van der Waals surface area contributed by atoms with Crippen LogP contribution in [0.15, 0.2) is 32.3 Å². The summed E-state index contributed by atoms with van der Waals surface area (Å²) in [6.45, 7) is 3.74. The van der Waals surface area contributed by atoms with E-state index >= 15 is 0 Å². The Morgan fingerprint density at radius 2 is 2.09 bits per heavy atom. The second-order valence-electron chi connectivity index (χ2n) is 6.19. The molecule has 3 aromatic rings. The van der Waals surface area contributed by atoms with Gasteiger partial charge in [-0.3, -0.25) is 14.2 Å². The van der Waals surface area contributed by atoms with Crippen LogP contribution in [0, 0.1) is 0 Å². The smallest absolute Gasteiger partial charge is 0.316 e. The van der Waals surface area contributed by atoms with Gasteiger partial charge < -0.3 is 9.51 Å². The zero-order valence-electron chi connectivity index (χ0n) is 12.9. The number of aromatic amines is 1. The zero-order valence-corrected chi connectivity index (χ0v) is 12.9. The van der Waals surface area contributed by atoms with Gasteiger partial charge in [0, 0.05) is 17.5 Å². The molecule has 1 saturated carbocycles. The Labute approximate surface area is 131 Å². The highest BCUT2D eigenvalue weighted by Crippen LogP contribution is 2.39. The predicted molar refractivity (Wildman–Crippen MR) is 84.5 cm³/mol. The van der Waals surface area contributed by atoms with E-state index in [1.165, 1.54) is 4.57 Å². The third kappa shape index (κ3) is 2.28. The van der Waals surface area contributed by atoms with Crippen LogP contribution < -0.4 is 11.1 Å². The fourth-order valence-electron chi connectivity index (χ4n) is 2.74. The molecule has 2 aromatic heterocycles. The number of nitrogens with zero attached hydrogens (tertiary/aromatic N) is 3. The van der Waals surface area contributed by atoms with Gasteiger partial charge >= 0.3 is 11.1 Å². The highest BCUT2D eigenvalue weighted by molar-refractivity contribution is 5.80. The molecule has 0 bridgehead atoms. The van der Waals surface area contributed by atoms with Crippen LogP contribution in [0.2, 0.25) is 0 Å². The molecular formula is C16H16N4O3. The molecular weight excluding hydrogens is 296 g/mol. The number of rotatable bonds is 3. The van der Waals surface area contributed by atoms with Crippen LogP contribution in [-0.2, 0) is 0 Å². The largest absolute Gasteiger partial charge is 0.339 e. The van der Waals surface area contributed by atoms with Crippen molar-refractivity contribution in [1.29, 1.82) is 0 Å². The molecule has 1 N–H and O–H groups in total. The predicted octanol–water partition coefficient (Wildman–Crippen LogP) is 2.20. The molecule has 7 nitrogen and oxygen atoms in total. The van der Waals surface area contributed by atoms with E-state index in [1.54, 1.807) is 12.1 Å². The topological polar surface area (TPSA) is 93.8 Å². The van der Waals surface area contributed by atoms with Gasteiger partial charge in [0.15, 0.2) is 0 Å². The quantitative estimate of drug-likeness (QED) is 0.748. The molecule has 0 unspecified atom stereocenters. The van der Waals surface area contributed by atoms with E-state index in [9.17, 15) is 9.59 Å². The Morgan fingerprint density at radius 1 is 1.30 bits per heavy atom. The van der Waals surface area contributed by atoms with E-state index in [0.717, 1.165) is 18.4 Å². The monoisotopic (exact) mass is 312 g/mol. The Balaban J connectivity index is 1.88. The molecule has 7 heteroatoms. The lowest BCUT2D eigenvalue weighted by atomic mass is 10.1. The fraction of sp³-hybridized carbons (Fsp3) is 0.375. The molecule has 0 atom stereocenters. The van der Waals surface area contributed by atoms with Crippen molar-refractivity contribution in [3.05, 3.63) is 44.8 Å². The molecule has 23 heavy (non-hydrogen) atoms. The van der Waals surface area contributed by atoms with E-state index < -0.39 is 11.1 Å². The Morgan fingerprint density at radius 3 is 2.78 bits per heavy atom. The number of fused-ring (bicyclic) bond motifs is 1. The summed E-state index contributed by atoms with van der Waals surface area (Å²) in [6, 6.07) is 5.30. The van der Waals surface area contributed by atoms with Gasteiger partial charge in [-0.15, -0.1) is 0 Å². The van der Waals surface area contributed by atoms with Crippen molar-refractivity contribution in [2.75, 3.05) is 0 Å². The minimum atomic E-state index is -0.630. The molecule has 0 aliphatic heterocycles. The van der Waals surface area contributed by atoms with Crippen LogP contribution in [0.1, 0.15) is 44.5 Å². The standard InChI is InChI=1S/C16H16N4O3/c1-8(2)20-12-6-5-10(7-11(12)17-14(21)16(20)22)13-18-15(23-19-13)9-3-4-9/h5-9H,3-4H2,1-2H3,(H,17,21). The summed E-state index contributed by atoms with van der Waals surface area (Å²) in [5, 5.41) is 4.01. The zero-order chi connectivity index (χ0) is 16.1. The third-order valence-electron chi connectivity index (χ3n) is 4.06. The maximum atomic E-state index is 12.0. The summed E-state index contributed by atoms with van der Waals surface area (Å²) in [5.41, 5.74) is 0.835. The minimum absolute atomic E-state index is 0.107. The first-order chi connectivity index (χ1) is 11.0. The second-order valence-corrected chi connectivity index (χ2v) is 6.19. The van der Waals surface area contributed by atoms with Crippen LogP contribution in [-0.4, -0.2) is 19.7 Å². The van der Waals surface area contributed by atoms with Gasteiger partial charge in [-0.05, 0) is 44.9 Å². The van der Waals surface area contributed by atoms with E-state index in [-0.39, 0.29) is 6.04 Å². The highest BCUT2D eigenvalue weighted by atomic mass is 16.5. The maximum absolute atomic E-state index is 12.0. The van der Waals surface area contributed by atoms with Crippen molar-refractivity contribution in [3.63, 3.8) is 0 Å². The summed E-state index contributed by atoms with van der Waals surface area (Å²) >= 11 is 0. The van der Waals surface area contributed by atoms with Crippen molar-refractivity contribution >= 4 is 11.0 Å². The summed E-state index contributed by atoms with van der Waals surface area (Å²) in [6.07, 6.45) is 2.18. The molecule has 2 heterocycles. The van der Waals surface area contributed by atoms with Gasteiger partial charge in [0.05, 0.1) is 11.0 Å². The fourth-order valence-corrected chi connectivity index (χ4v) is 2.74. The summed E-state index contributed by atoms with van der Waals surface area (Å²) in [7, 11) is 0. The highest BCUT2D eigenvalue weighted by Gasteiger charge is 2.29.